The number of likely N-dealkylation sites (N-methyl/N-ethyl adjacent to an activating group) is 1. The van der Waals surface area contributed by atoms with Crippen LogP contribution in [0.2, 0.25) is 0 Å². The Hall–Kier alpha value is -1.70. The average Bonchev–Trinajstić information content (AvgIpc) is 2.91. The first-order valence-corrected chi connectivity index (χ1v) is 8.88. The number of rotatable bonds is 4. The minimum absolute atomic E-state index is 0.0413. The van der Waals surface area contributed by atoms with Gasteiger partial charge >= 0.3 is 0 Å². The monoisotopic (exact) mass is 394 g/mol. The zero-order chi connectivity index (χ0) is 16.4. The van der Waals surface area contributed by atoms with Gasteiger partial charge in [-0.3, -0.25) is 14.5 Å². The van der Waals surface area contributed by atoms with Crippen LogP contribution in [0.4, 0.5) is 11.4 Å². The minimum atomic E-state index is -0.156. The van der Waals surface area contributed by atoms with E-state index < -0.39 is 0 Å². The molecule has 120 valence electrons. The molecule has 1 unspecified atom stereocenters. The summed E-state index contributed by atoms with van der Waals surface area (Å²) in [7, 11) is 1.99. The summed E-state index contributed by atoms with van der Waals surface area (Å²) in [5.41, 5.74) is 1.46. The molecule has 2 N–H and O–H groups in total. The Balaban J connectivity index is 1.69. The smallest absolute Gasteiger partial charge is 0.282 e. The highest BCUT2D eigenvalue weighted by Crippen LogP contribution is 2.28. The number of carbonyl (C=O) groups is 2. The lowest BCUT2D eigenvalue weighted by molar-refractivity contribution is -0.885. The molecule has 1 aromatic carbocycles. The normalized spacial score (nSPS) is 15.0. The molecule has 5 nitrogen and oxygen atoms in total. The van der Waals surface area contributed by atoms with Crippen molar-refractivity contribution >= 4 is 50.5 Å². The van der Waals surface area contributed by atoms with Crippen LogP contribution in [0.3, 0.4) is 0 Å². The Morgan fingerprint density at radius 3 is 2.87 bits per heavy atom. The van der Waals surface area contributed by atoms with Crippen molar-refractivity contribution in [2.45, 2.75) is 6.54 Å². The van der Waals surface area contributed by atoms with Crippen molar-refractivity contribution in [2.75, 3.05) is 30.4 Å². The molecule has 0 radical (unpaired) electrons. The van der Waals surface area contributed by atoms with Crippen LogP contribution in [0, 0.1) is 0 Å². The molecule has 0 saturated heterocycles. The lowest BCUT2D eigenvalue weighted by atomic mass is 10.2. The molecule has 2 heterocycles. The maximum Gasteiger partial charge on any atom is 0.282 e. The van der Waals surface area contributed by atoms with Crippen LogP contribution in [0.25, 0.3) is 0 Å². The fourth-order valence-electron chi connectivity index (χ4n) is 2.62. The zero-order valence-electron chi connectivity index (χ0n) is 12.6. The van der Waals surface area contributed by atoms with Gasteiger partial charge in [0.15, 0.2) is 6.54 Å². The predicted octanol–water partition coefficient (Wildman–Crippen LogP) is 1.51. The first-order chi connectivity index (χ1) is 11.0. The van der Waals surface area contributed by atoms with Crippen molar-refractivity contribution in [1.82, 2.24) is 0 Å². The highest BCUT2D eigenvalue weighted by Gasteiger charge is 2.28. The number of carbonyl (C=O) groups excluding carboxylic acids is 2. The maximum atomic E-state index is 12.6. The molecular weight excluding hydrogens is 378 g/mol. The first kappa shape index (κ1) is 16.2. The number of nitrogens with one attached hydrogen (secondary N) is 2. The van der Waals surface area contributed by atoms with Crippen LogP contribution in [0.1, 0.15) is 4.88 Å². The molecule has 0 spiro atoms. The van der Waals surface area contributed by atoms with E-state index in [4.69, 9.17) is 0 Å². The van der Waals surface area contributed by atoms with Crippen LogP contribution in [0.15, 0.2) is 40.2 Å². The molecule has 2 aromatic rings. The van der Waals surface area contributed by atoms with Gasteiger partial charge in [0.1, 0.15) is 13.1 Å². The summed E-state index contributed by atoms with van der Waals surface area (Å²) in [6.07, 6.45) is 0. The second kappa shape index (κ2) is 6.82. The van der Waals surface area contributed by atoms with Gasteiger partial charge in [-0.2, -0.15) is 0 Å². The summed E-state index contributed by atoms with van der Waals surface area (Å²) in [6.45, 7) is 1.20. The lowest BCUT2D eigenvalue weighted by Gasteiger charge is -2.29. The molecular formula is C16H17BrN3O2S+. The molecule has 1 aliphatic rings. The Kier molecular flexibility index (Phi) is 4.79. The van der Waals surface area contributed by atoms with Crippen molar-refractivity contribution in [3.05, 3.63) is 45.1 Å². The average molecular weight is 395 g/mol. The summed E-state index contributed by atoms with van der Waals surface area (Å²) in [5, 5.41) is 2.80. The summed E-state index contributed by atoms with van der Waals surface area (Å²) < 4.78 is 1.09. The van der Waals surface area contributed by atoms with Crippen LogP contribution in [-0.2, 0) is 16.1 Å². The van der Waals surface area contributed by atoms with E-state index in [0.717, 1.165) is 20.9 Å². The third-order valence-corrected chi connectivity index (χ3v) is 5.25. The van der Waals surface area contributed by atoms with E-state index in [2.05, 4.69) is 27.3 Å². The van der Waals surface area contributed by atoms with Gasteiger partial charge in [-0.25, -0.2) is 0 Å². The van der Waals surface area contributed by atoms with Gasteiger partial charge in [0.25, 0.3) is 5.91 Å². The lowest BCUT2D eigenvalue weighted by Crippen LogP contribution is -3.08. The van der Waals surface area contributed by atoms with Crippen molar-refractivity contribution in [1.29, 1.82) is 0 Å². The Bertz CT molecular complexity index is 746. The van der Waals surface area contributed by atoms with E-state index in [0.29, 0.717) is 12.2 Å². The number of para-hydroxylation sites is 2. The maximum absolute atomic E-state index is 12.6. The van der Waals surface area contributed by atoms with E-state index in [-0.39, 0.29) is 18.4 Å². The quantitative estimate of drug-likeness (QED) is 0.825. The van der Waals surface area contributed by atoms with Crippen LogP contribution >= 0.6 is 27.3 Å². The number of nitrogens with zero attached hydrogens (tertiary/aromatic N) is 1. The van der Waals surface area contributed by atoms with E-state index in [9.17, 15) is 9.59 Å². The molecule has 0 aliphatic carbocycles. The van der Waals surface area contributed by atoms with Crippen molar-refractivity contribution < 1.29 is 14.5 Å². The molecule has 0 fully saturated rings. The number of quaternary nitrogens is 1. The topological polar surface area (TPSA) is 53.9 Å². The van der Waals surface area contributed by atoms with Gasteiger partial charge in [0.05, 0.1) is 27.1 Å². The number of thiophene rings is 1. The second-order valence-corrected chi connectivity index (χ2v) is 8.11. The molecule has 0 bridgehead atoms. The van der Waals surface area contributed by atoms with Gasteiger partial charge in [0.2, 0.25) is 5.91 Å². The standard InChI is InChI=1S/C16H16BrN3O2S/c1-19(8-11-6-7-14(17)23-11)10-16(22)20-9-15(21)18-12-4-2-3-5-13(12)20/h2-7H,8-10H2,1H3,(H,18,21)/p+1. The summed E-state index contributed by atoms with van der Waals surface area (Å²) in [5.74, 6) is -0.197. The van der Waals surface area contributed by atoms with Crippen molar-refractivity contribution in [3.8, 4) is 0 Å². The number of benzene rings is 1. The Morgan fingerprint density at radius 2 is 2.13 bits per heavy atom. The SMILES string of the molecule is C[NH+](CC(=O)N1CC(=O)Nc2ccccc21)Cc1ccc(Br)s1. The number of hydrogen-bond donors (Lipinski definition) is 2. The molecule has 3 rings (SSSR count). The van der Waals surface area contributed by atoms with Gasteiger partial charge in [0, 0.05) is 0 Å². The van der Waals surface area contributed by atoms with Gasteiger partial charge in [-0.05, 0) is 40.2 Å². The predicted molar refractivity (Wildman–Crippen MR) is 94.9 cm³/mol. The number of amides is 2. The largest absolute Gasteiger partial charge is 0.325 e. The fourth-order valence-corrected chi connectivity index (χ4v) is 4.21. The Labute approximate surface area is 147 Å². The summed E-state index contributed by atoms with van der Waals surface area (Å²) in [6, 6.07) is 11.5. The first-order valence-electron chi connectivity index (χ1n) is 7.27. The number of anilines is 2. The van der Waals surface area contributed by atoms with Gasteiger partial charge < -0.3 is 10.2 Å². The van der Waals surface area contributed by atoms with Crippen LogP contribution < -0.4 is 15.1 Å². The zero-order valence-corrected chi connectivity index (χ0v) is 15.0. The van der Waals surface area contributed by atoms with E-state index in [1.165, 1.54) is 4.88 Å². The molecule has 0 saturated carbocycles. The molecule has 23 heavy (non-hydrogen) atoms. The molecule has 7 heteroatoms. The van der Waals surface area contributed by atoms with Crippen molar-refractivity contribution in [2.24, 2.45) is 0 Å². The third kappa shape index (κ3) is 3.80. The second-order valence-electron chi connectivity index (χ2n) is 5.56. The number of hydrogen-bond acceptors (Lipinski definition) is 3. The summed E-state index contributed by atoms with van der Waals surface area (Å²) >= 11 is 5.12. The fraction of sp³-hybridized carbons (Fsp3) is 0.250. The molecule has 1 atom stereocenters. The van der Waals surface area contributed by atoms with Gasteiger partial charge in [-0.1, -0.05) is 12.1 Å². The Morgan fingerprint density at radius 1 is 1.35 bits per heavy atom. The van der Waals surface area contributed by atoms with E-state index in [1.807, 2.05) is 37.4 Å². The van der Waals surface area contributed by atoms with E-state index in [1.54, 1.807) is 16.2 Å². The molecule has 1 aromatic heterocycles. The van der Waals surface area contributed by atoms with Crippen LogP contribution in [0.5, 0.6) is 0 Å². The third-order valence-electron chi connectivity index (χ3n) is 3.63. The van der Waals surface area contributed by atoms with Gasteiger partial charge in [-0.15, -0.1) is 11.3 Å². The highest BCUT2D eigenvalue weighted by atomic mass is 79.9. The van der Waals surface area contributed by atoms with Crippen molar-refractivity contribution in [3.63, 3.8) is 0 Å². The number of halogens is 1. The minimum Gasteiger partial charge on any atom is -0.325 e. The highest BCUT2D eigenvalue weighted by molar-refractivity contribution is 9.11. The summed E-state index contributed by atoms with van der Waals surface area (Å²) in [4.78, 5) is 28.3. The van der Waals surface area contributed by atoms with E-state index >= 15 is 0 Å². The number of fused-ring (bicyclic) bond motifs is 1. The molecule has 1 aliphatic heterocycles. The van der Waals surface area contributed by atoms with Crippen LogP contribution in [-0.4, -0.2) is 32.0 Å². The molecule has 2 amide bonds.